The molecule has 0 atom stereocenters. The molecule has 0 aliphatic carbocycles. The number of hydrogen-bond donors (Lipinski definition) is 2. The zero-order valence-corrected chi connectivity index (χ0v) is 13.2. The Morgan fingerprint density at radius 3 is 2.74 bits per heavy atom. The van der Waals surface area contributed by atoms with E-state index in [1.807, 2.05) is 18.3 Å². The number of carbonyl (C=O) groups is 1. The van der Waals surface area contributed by atoms with E-state index in [4.69, 9.17) is 11.6 Å². The summed E-state index contributed by atoms with van der Waals surface area (Å²) in [5, 5.41) is 4.54. The van der Waals surface area contributed by atoms with E-state index >= 15 is 0 Å². The van der Waals surface area contributed by atoms with Crippen molar-refractivity contribution in [1.29, 1.82) is 0 Å². The van der Waals surface area contributed by atoms with E-state index in [2.05, 4.69) is 10.3 Å². The van der Waals surface area contributed by atoms with Crippen LogP contribution < -0.4 is 5.32 Å². The van der Waals surface area contributed by atoms with Crippen molar-refractivity contribution < 1.29 is 9.18 Å². The molecule has 3 nitrogen and oxygen atoms in total. The van der Waals surface area contributed by atoms with Gasteiger partial charge < -0.3 is 10.3 Å². The third-order valence-electron chi connectivity index (χ3n) is 3.72. The normalized spacial score (nSPS) is 10.9. The van der Waals surface area contributed by atoms with E-state index in [1.165, 1.54) is 12.1 Å². The Morgan fingerprint density at radius 1 is 1.17 bits per heavy atom. The average Bonchev–Trinajstić information content (AvgIpc) is 2.92. The average molecular weight is 331 g/mol. The van der Waals surface area contributed by atoms with Crippen molar-refractivity contribution in [2.24, 2.45) is 0 Å². The minimum absolute atomic E-state index is 0.0294. The van der Waals surface area contributed by atoms with Crippen molar-refractivity contribution in [3.63, 3.8) is 0 Å². The maximum atomic E-state index is 13.2. The summed E-state index contributed by atoms with van der Waals surface area (Å²) in [6.45, 7) is 0.538. The van der Waals surface area contributed by atoms with E-state index in [0.29, 0.717) is 24.4 Å². The minimum Gasteiger partial charge on any atom is -0.361 e. The van der Waals surface area contributed by atoms with Gasteiger partial charge in [0.2, 0.25) is 5.91 Å². The van der Waals surface area contributed by atoms with E-state index < -0.39 is 0 Å². The molecule has 5 heteroatoms. The van der Waals surface area contributed by atoms with Gasteiger partial charge in [-0.1, -0.05) is 23.7 Å². The highest BCUT2D eigenvalue weighted by atomic mass is 35.5. The van der Waals surface area contributed by atoms with Crippen LogP contribution in [0.4, 0.5) is 4.39 Å². The number of amides is 1. The first-order valence-electron chi connectivity index (χ1n) is 7.38. The lowest BCUT2D eigenvalue weighted by molar-refractivity contribution is -0.120. The largest absolute Gasteiger partial charge is 0.361 e. The predicted octanol–water partition coefficient (Wildman–Crippen LogP) is 3.86. The number of rotatable bonds is 5. The van der Waals surface area contributed by atoms with Crippen LogP contribution in [0.3, 0.4) is 0 Å². The number of halogens is 2. The highest BCUT2D eigenvalue weighted by molar-refractivity contribution is 6.30. The van der Waals surface area contributed by atoms with Crippen LogP contribution in [0.2, 0.25) is 5.02 Å². The van der Waals surface area contributed by atoms with E-state index in [1.54, 1.807) is 18.2 Å². The van der Waals surface area contributed by atoms with Crippen molar-refractivity contribution in [3.8, 4) is 0 Å². The Morgan fingerprint density at radius 2 is 1.96 bits per heavy atom. The fourth-order valence-corrected chi connectivity index (χ4v) is 2.68. The third-order valence-corrected chi connectivity index (χ3v) is 3.98. The van der Waals surface area contributed by atoms with E-state index in [-0.39, 0.29) is 11.7 Å². The molecule has 0 saturated heterocycles. The smallest absolute Gasteiger partial charge is 0.224 e. The molecule has 118 valence electrons. The summed E-state index contributed by atoms with van der Waals surface area (Å²) in [5.74, 6) is -0.291. The highest BCUT2D eigenvalue weighted by Gasteiger charge is 2.06. The second kappa shape index (κ2) is 6.84. The van der Waals surface area contributed by atoms with Crippen molar-refractivity contribution in [1.82, 2.24) is 10.3 Å². The van der Waals surface area contributed by atoms with Crippen LogP contribution in [0.5, 0.6) is 0 Å². The summed E-state index contributed by atoms with van der Waals surface area (Å²) in [4.78, 5) is 15.0. The second-order valence-electron chi connectivity index (χ2n) is 5.41. The third kappa shape index (κ3) is 3.90. The van der Waals surface area contributed by atoms with Gasteiger partial charge >= 0.3 is 0 Å². The Balaban J connectivity index is 1.54. The molecule has 0 bridgehead atoms. The summed E-state index contributed by atoms with van der Waals surface area (Å²) in [5.41, 5.74) is 2.76. The number of aromatic nitrogens is 1. The Kier molecular flexibility index (Phi) is 4.63. The lowest BCUT2D eigenvalue weighted by Gasteiger charge is -2.05. The van der Waals surface area contributed by atoms with Gasteiger partial charge in [-0.05, 0) is 47.9 Å². The van der Waals surface area contributed by atoms with Crippen LogP contribution in [0, 0.1) is 5.82 Å². The van der Waals surface area contributed by atoms with Gasteiger partial charge in [0.1, 0.15) is 5.82 Å². The Hall–Kier alpha value is -2.33. The molecule has 3 rings (SSSR count). The van der Waals surface area contributed by atoms with Crippen LogP contribution in [-0.4, -0.2) is 17.4 Å². The highest BCUT2D eigenvalue weighted by Crippen LogP contribution is 2.19. The van der Waals surface area contributed by atoms with Crippen LogP contribution in [-0.2, 0) is 17.6 Å². The first kappa shape index (κ1) is 15.6. The van der Waals surface area contributed by atoms with Gasteiger partial charge in [-0.25, -0.2) is 4.39 Å². The molecule has 2 aromatic carbocycles. The second-order valence-corrected chi connectivity index (χ2v) is 5.84. The lowest BCUT2D eigenvalue weighted by atomic mass is 10.1. The van der Waals surface area contributed by atoms with Crippen LogP contribution in [0.25, 0.3) is 10.9 Å². The topological polar surface area (TPSA) is 44.9 Å². The van der Waals surface area contributed by atoms with Gasteiger partial charge in [0, 0.05) is 28.7 Å². The maximum Gasteiger partial charge on any atom is 0.224 e. The molecule has 1 aromatic heterocycles. The maximum absolute atomic E-state index is 13.2. The quantitative estimate of drug-likeness (QED) is 0.733. The molecule has 0 aliphatic heterocycles. The molecule has 2 N–H and O–H groups in total. The monoisotopic (exact) mass is 330 g/mol. The molecule has 0 spiro atoms. The molecular formula is C18H16ClFN2O. The number of benzene rings is 2. The zero-order chi connectivity index (χ0) is 16.2. The van der Waals surface area contributed by atoms with Gasteiger partial charge in [-0.2, -0.15) is 0 Å². The first-order chi connectivity index (χ1) is 11.1. The van der Waals surface area contributed by atoms with Gasteiger partial charge in [-0.15, -0.1) is 0 Å². The molecule has 1 amide bonds. The molecule has 0 fully saturated rings. The van der Waals surface area contributed by atoms with Crippen LogP contribution in [0.15, 0.2) is 48.7 Å². The predicted molar refractivity (Wildman–Crippen MR) is 90.1 cm³/mol. The fraction of sp³-hybridized carbons (Fsp3) is 0.167. The molecule has 3 aromatic rings. The Labute approximate surface area is 138 Å². The van der Waals surface area contributed by atoms with E-state index in [0.717, 1.165) is 22.0 Å². The van der Waals surface area contributed by atoms with Crippen molar-refractivity contribution in [2.45, 2.75) is 12.8 Å². The summed E-state index contributed by atoms with van der Waals surface area (Å²) in [6.07, 6.45) is 2.88. The Bertz CT molecular complexity index is 827. The molecule has 0 aliphatic rings. The van der Waals surface area contributed by atoms with Crippen LogP contribution in [0.1, 0.15) is 11.1 Å². The van der Waals surface area contributed by atoms with Crippen molar-refractivity contribution in [3.05, 3.63) is 70.6 Å². The lowest BCUT2D eigenvalue weighted by Crippen LogP contribution is -2.27. The number of fused-ring (bicyclic) bond motifs is 1. The standard InChI is InChI=1S/C18H16ClFN2O/c19-14-3-1-12(2-4-14)9-18(23)21-8-7-13-11-22-17-10-15(20)5-6-16(13)17/h1-6,10-11,22H,7-9H2,(H,21,23). The molecule has 0 unspecified atom stereocenters. The fourth-order valence-electron chi connectivity index (χ4n) is 2.55. The molecular weight excluding hydrogens is 315 g/mol. The molecule has 0 radical (unpaired) electrons. The van der Waals surface area contributed by atoms with Gasteiger partial charge in [-0.3, -0.25) is 4.79 Å². The SMILES string of the molecule is O=C(Cc1ccc(Cl)cc1)NCCc1c[nH]c2cc(F)ccc12. The van der Waals surface area contributed by atoms with Gasteiger partial charge in [0.05, 0.1) is 6.42 Å². The number of H-pyrrole nitrogens is 1. The molecule has 0 saturated carbocycles. The summed E-state index contributed by atoms with van der Waals surface area (Å²) >= 11 is 5.82. The van der Waals surface area contributed by atoms with Crippen molar-refractivity contribution in [2.75, 3.05) is 6.54 Å². The summed E-state index contributed by atoms with van der Waals surface area (Å²) in [7, 11) is 0. The van der Waals surface area contributed by atoms with Crippen molar-refractivity contribution >= 4 is 28.4 Å². The number of hydrogen-bond acceptors (Lipinski definition) is 1. The van der Waals surface area contributed by atoms with Gasteiger partial charge in [0.15, 0.2) is 0 Å². The van der Waals surface area contributed by atoms with Crippen LogP contribution >= 0.6 is 11.6 Å². The zero-order valence-electron chi connectivity index (χ0n) is 12.4. The first-order valence-corrected chi connectivity index (χ1v) is 7.76. The number of nitrogens with one attached hydrogen (secondary N) is 2. The summed E-state index contributed by atoms with van der Waals surface area (Å²) in [6, 6.07) is 11.9. The number of carbonyl (C=O) groups excluding carboxylic acids is 1. The van der Waals surface area contributed by atoms with E-state index in [9.17, 15) is 9.18 Å². The molecule has 23 heavy (non-hydrogen) atoms. The molecule has 1 heterocycles. The van der Waals surface area contributed by atoms with Gasteiger partial charge in [0.25, 0.3) is 0 Å². The summed E-state index contributed by atoms with van der Waals surface area (Å²) < 4.78 is 13.2. The minimum atomic E-state index is -0.262. The number of aromatic amines is 1.